The van der Waals surface area contributed by atoms with Crippen molar-refractivity contribution in [2.45, 2.75) is 19.4 Å². The van der Waals surface area contributed by atoms with E-state index in [1.165, 1.54) is 6.42 Å². The lowest BCUT2D eigenvalue weighted by Crippen LogP contribution is -2.36. The van der Waals surface area contributed by atoms with Gasteiger partial charge in [-0.15, -0.1) is 0 Å². The number of rotatable bonds is 2. The highest BCUT2D eigenvalue weighted by atomic mass is 16.5. The van der Waals surface area contributed by atoms with E-state index in [1.807, 2.05) is 0 Å². The quantitative estimate of drug-likeness (QED) is 0.564. The molecule has 0 saturated carbocycles. The lowest BCUT2D eigenvalue weighted by Gasteiger charge is -2.30. The van der Waals surface area contributed by atoms with Crippen molar-refractivity contribution in [2.24, 2.45) is 11.7 Å². The molecule has 0 amide bonds. The zero-order valence-corrected chi connectivity index (χ0v) is 5.26. The summed E-state index contributed by atoms with van der Waals surface area (Å²) < 4.78 is 5.20. The van der Waals surface area contributed by atoms with Crippen LogP contribution < -0.4 is 5.73 Å². The van der Waals surface area contributed by atoms with Crippen molar-refractivity contribution in [3.63, 3.8) is 0 Å². The van der Waals surface area contributed by atoms with Crippen molar-refractivity contribution in [3.8, 4) is 0 Å². The number of hydrogen-bond acceptors (Lipinski definition) is 2. The maximum Gasteiger partial charge on any atom is 0.0634 e. The lowest BCUT2D eigenvalue weighted by molar-refractivity contribution is -0.0782. The molecule has 2 heteroatoms. The number of ether oxygens (including phenoxy) is 1. The molecule has 0 spiro atoms. The predicted molar refractivity (Wildman–Crippen MR) is 32.6 cm³/mol. The summed E-state index contributed by atoms with van der Waals surface area (Å²) in [4.78, 5) is 0. The first kappa shape index (κ1) is 6.05. The fraction of sp³-hybridized carbons (Fsp3) is 1.00. The van der Waals surface area contributed by atoms with Gasteiger partial charge < -0.3 is 10.5 Å². The van der Waals surface area contributed by atoms with E-state index in [0.717, 1.165) is 13.2 Å². The molecule has 1 saturated heterocycles. The molecule has 0 aromatic heterocycles. The molecule has 0 aromatic rings. The Bertz CT molecular complexity index is 68.2. The van der Waals surface area contributed by atoms with Gasteiger partial charge in [0.2, 0.25) is 0 Å². The Labute approximate surface area is 50.0 Å². The van der Waals surface area contributed by atoms with Crippen molar-refractivity contribution in [1.29, 1.82) is 0 Å². The van der Waals surface area contributed by atoms with Crippen LogP contribution in [0.25, 0.3) is 0 Å². The van der Waals surface area contributed by atoms with Gasteiger partial charge in [0.25, 0.3) is 0 Å². The summed E-state index contributed by atoms with van der Waals surface area (Å²) in [7, 11) is 0. The fourth-order valence-corrected chi connectivity index (χ4v) is 0.854. The number of hydrogen-bond donors (Lipinski definition) is 1. The Morgan fingerprint density at radius 2 is 2.50 bits per heavy atom. The summed E-state index contributed by atoms with van der Waals surface area (Å²) in [5, 5.41) is 0. The van der Waals surface area contributed by atoms with Gasteiger partial charge in [0.05, 0.1) is 6.10 Å². The second kappa shape index (κ2) is 2.46. The molecule has 2 N–H and O–H groups in total. The Morgan fingerprint density at radius 3 is 2.62 bits per heavy atom. The van der Waals surface area contributed by atoms with Gasteiger partial charge in [-0.05, 0) is 18.9 Å². The average molecular weight is 115 g/mol. The van der Waals surface area contributed by atoms with Gasteiger partial charge in [0.15, 0.2) is 0 Å². The van der Waals surface area contributed by atoms with E-state index in [2.05, 4.69) is 6.92 Å². The molecule has 48 valence electrons. The van der Waals surface area contributed by atoms with Crippen LogP contribution >= 0.6 is 0 Å². The van der Waals surface area contributed by atoms with Crippen LogP contribution in [0.2, 0.25) is 0 Å². The van der Waals surface area contributed by atoms with Gasteiger partial charge >= 0.3 is 0 Å². The van der Waals surface area contributed by atoms with Gasteiger partial charge in [-0.25, -0.2) is 0 Å². The summed E-state index contributed by atoms with van der Waals surface area (Å²) in [5.41, 5.74) is 5.40. The molecule has 1 fully saturated rings. The molecule has 1 aliphatic heterocycles. The topological polar surface area (TPSA) is 35.2 Å². The molecular formula is C6H13NO. The van der Waals surface area contributed by atoms with Crippen molar-refractivity contribution in [2.75, 3.05) is 13.2 Å². The highest BCUT2D eigenvalue weighted by Gasteiger charge is 2.23. The molecule has 2 atom stereocenters. The van der Waals surface area contributed by atoms with Crippen molar-refractivity contribution in [3.05, 3.63) is 0 Å². The molecule has 0 aliphatic carbocycles. The van der Waals surface area contributed by atoms with E-state index >= 15 is 0 Å². The first-order chi connectivity index (χ1) is 3.84. The third kappa shape index (κ3) is 1.01. The van der Waals surface area contributed by atoms with E-state index in [0.29, 0.717) is 12.0 Å². The molecule has 0 bridgehead atoms. The maximum absolute atomic E-state index is 5.40. The van der Waals surface area contributed by atoms with Crippen LogP contribution in [0, 0.1) is 5.92 Å². The summed E-state index contributed by atoms with van der Waals surface area (Å²) in [6, 6.07) is 0. The zero-order chi connectivity index (χ0) is 5.98. The Morgan fingerprint density at radius 1 is 1.88 bits per heavy atom. The second-order valence-electron chi connectivity index (χ2n) is 2.41. The fourth-order valence-electron chi connectivity index (χ4n) is 0.854. The summed E-state index contributed by atoms with van der Waals surface area (Å²) in [5.74, 6) is 0.559. The molecule has 1 rings (SSSR count). The monoisotopic (exact) mass is 115 g/mol. The minimum absolute atomic E-state index is 0.472. The van der Waals surface area contributed by atoms with Crippen LogP contribution in [0.5, 0.6) is 0 Å². The highest BCUT2D eigenvalue weighted by molar-refractivity contribution is 4.72. The highest BCUT2D eigenvalue weighted by Crippen LogP contribution is 2.18. The van der Waals surface area contributed by atoms with Crippen LogP contribution in [-0.2, 0) is 4.74 Å². The maximum atomic E-state index is 5.40. The molecule has 2 nitrogen and oxygen atoms in total. The van der Waals surface area contributed by atoms with Gasteiger partial charge in [-0.3, -0.25) is 0 Å². The Kier molecular flexibility index (Phi) is 1.86. The van der Waals surface area contributed by atoms with Crippen molar-refractivity contribution >= 4 is 0 Å². The third-order valence-corrected chi connectivity index (χ3v) is 1.74. The second-order valence-corrected chi connectivity index (χ2v) is 2.41. The van der Waals surface area contributed by atoms with Gasteiger partial charge in [-0.1, -0.05) is 6.92 Å². The van der Waals surface area contributed by atoms with E-state index in [4.69, 9.17) is 10.5 Å². The minimum atomic E-state index is 0.472. The van der Waals surface area contributed by atoms with Gasteiger partial charge in [0.1, 0.15) is 0 Å². The molecule has 1 heterocycles. The third-order valence-electron chi connectivity index (χ3n) is 1.74. The molecule has 8 heavy (non-hydrogen) atoms. The van der Waals surface area contributed by atoms with Crippen LogP contribution in [-0.4, -0.2) is 19.3 Å². The van der Waals surface area contributed by atoms with Crippen LogP contribution in [0.3, 0.4) is 0 Å². The van der Waals surface area contributed by atoms with Gasteiger partial charge in [0, 0.05) is 6.61 Å². The summed E-state index contributed by atoms with van der Waals surface area (Å²) >= 11 is 0. The van der Waals surface area contributed by atoms with E-state index in [9.17, 15) is 0 Å². The zero-order valence-electron chi connectivity index (χ0n) is 5.26. The first-order valence-electron chi connectivity index (χ1n) is 3.16. The van der Waals surface area contributed by atoms with E-state index in [-0.39, 0.29) is 0 Å². The van der Waals surface area contributed by atoms with Crippen molar-refractivity contribution in [1.82, 2.24) is 0 Å². The molecule has 0 radical (unpaired) electrons. The summed E-state index contributed by atoms with van der Waals surface area (Å²) in [6.45, 7) is 3.82. The van der Waals surface area contributed by atoms with Gasteiger partial charge in [-0.2, -0.15) is 0 Å². The van der Waals surface area contributed by atoms with Crippen molar-refractivity contribution < 1.29 is 4.74 Å². The molecular weight excluding hydrogens is 102 g/mol. The lowest BCUT2D eigenvalue weighted by atomic mass is 9.99. The Hall–Kier alpha value is -0.0800. The minimum Gasteiger partial charge on any atom is -0.378 e. The molecule has 2 unspecified atom stereocenters. The van der Waals surface area contributed by atoms with Crippen LogP contribution in [0.4, 0.5) is 0 Å². The van der Waals surface area contributed by atoms with E-state index < -0.39 is 0 Å². The Balaban J connectivity index is 2.13. The van der Waals surface area contributed by atoms with E-state index in [1.54, 1.807) is 0 Å². The predicted octanol–water partition coefficient (Wildman–Crippen LogP) is 0.370. The summed E-state index contributed by atoms with van der Waals surface area (Å²) in [6.07, 6.45) is 1.68. The molecule has 1 aliphatic rings. The van der Waals surface area contributed by atoms with Crippen LogP contribution in [0.15, 0.2) is 0 Å². The molecule has 0 aromatic carbocycles. The SMILES string of the molecule is CC(CN)C1CCO1. The van der Waals surface area contributed by atoms with Crippen LogP contribution in [0.1, 0.15) is 13.3 Å². The standard InChI is InChI=1S/C6H13NO/c1-5(4-7)6-2-3-8-6/h5-6H,2-4,7H2,1H3. The first-order valence-corrected chi connectivity index (χ1v) is 3.16. The smallest absolute Gasteiger partial charge is 0.0634 e. The number of nitrogens with two attached hydrogens (primary N) is 1. The average Bonchev–Trinajstić information content (AvgIpc) is 1.62. The normalized spacial score (nSPS) is 31.5. The largest absolute Gasteiger partial charge is 0.378 e.